The van der Waals surface area contributed by atoms with Crippen molar-refractivity contribution in [1.82, 2.24) is 9.97 Å². The molecule has 1 amide bonds. The van der Waals surface area contributed by atoms with Gasteiger partial charge in [-0.3, -0.25) is 4.79 Å². The number of hydrogen-bond donors (Lipinski definition) is 1. The smallest absolute Gasteiger partial charge is 0.274 e. The van der Waals surface area contributed by atoms with Crippen LogP contribution in [0.25, 0.3) is 0 Å². The maximum absolute atomic E-state index is 12.7. The highest BCUT2D eigenvalue weighted by Crippen LogP contribution is 2.25. The van der Waals surface area contributed by atoms with Crippen LogP contribution in [0.1, 0.15) is 55.6 Å². The first-order valence-electron chi connectivity index (χ1n) is 9.02. The van der Waals surface area contributed by atoms with Crippen molar-refractivity contribution in [3.63, 3.8) is 0 Å². The fourth-order valence-corrected chi connectivity index (χ4v) is 3.18. The fourth-order valence-electron chi connectivity index (χ4n) is 3.18. The van der Waals surface area contributed by atoms with Crippen LogP contribution in [0.15, 0.2) is 36.7 Å². The van der Waals surface area contributed by atoms with Gasteiger partial charge in [0.05, 0.1) is 0 Å². The van der Waals surface area contributed by atoms with Crippen LogP contribution in [0.3, 0.4) is 0 Å². The van der Waals surface area contributed by atoms with Crippen molar-refractivity contribution in [3.8, 4) is 0 Å². The van der Waals surface area contributed by atoms with E-state index < -0.39 is 0 Å². The zero-order valence-electron chi connectivity index (χ0n) is 15.2. The Balaban J connectivity index is 1.76. The topological polar surface area (TPSA) is 58.1 Å². The summed E-state index contributed by atoms with van der Waals surface area (Å²) in [4.78, 5) is 23.4. The number of hydrogen-bond acceptors (Lipinski definition) is 4. The molecule has 25 heavy (non-hydrogen) atoms. The Morgan fingerprint density at radius 1 is 1.20 bits per heavy atom. The van der Waals surface area contributed by atoms with Gasteiger partial charge in [0.2, 0.25) is 0 Å². The second-order valence-corrected chi connectivity index (χ2v) is 7.13. The second-order valence-electron chi connectivity index (χ2n) is 7.13. The molecule has 0 aliphatic carbocycles. The second kappa shape index (κ2) is 7.64. The highest BCUT2D eigenvalue weighted by atomic mass is 16.1. The minimum absolute atomic E-state index is 0.192. The molecule has 1 aromatic carbocycles. The first-order chi connectivity index (χ1) is 12.0. The van der Waals surface area contributed by atoms with Gasteiger partial charge in [-0.1, -0.05) is 39.0 Å². The van der Waals surface area contributed by atoms with Gasteiger partial charge in [0.1, 0.15) is 17.8 Å². The van der Waals surface area contributed by atoms with Crippen LogP contribution in [0, 0.1) is 5.92 Å². The molecule has 1 aliphatic heterocycles. The lowest BCUT2D eigenvalue weighted by atomic mass is 9.99. The van der Waals surface area contributed by atoms with Crippen LogP contribution < -0.4 is 10.2 Å². The number of para-hydroxylation sites is 1. The Morgan fingerprint density at radius 2 is 1.92 bits per heavy atom. The molecular weight excluding hydrogens is 312 g/mol. The summed E-state index contributed by atoms with van der Waals surface area (Å²) in [6.45, 7) is 8.48. The molecule has 5 nitrogen and oxygen atoms in total. The molecule has 0 atom stereocenters. The van der Waals surface area contributed by atoms with Crippen LogP contribution in [0.5, 0.6) is 0 Å². The van der Waals surface area contributed by atoms with Gasteiger partial charge in [-0.15, -0.1) is 0 Å². The lowest BCUT2D eigenvalue weighted by Gasteiger charge is -2.31. The first kappa shape index (κ1) is 17.4. The van der Waals surface area contributed by atoms with Crippen LogP contribution in [-0.4, -0.2) is 29.0 Å². The summed E-state index contributed by atoms with van der Waals surface area (Å²) < 4.78 is 0. The van der Waals surface area contributed by atoms with E-state index in [2.05, 4.69) is 41.0 Å². The summed E-state index contributed by atoms with van der Waals surface area (Å²) in [6.07, 6.45) is 3.80. The number of benzene rings is 1. The molecule has 2 heterocycles. The number of nitrogens with zero attached hydrogens (tertiary/aromatic N) is 3. The number of carbonyl (C=O) groups is 1. The van der Waals surface area contributed by atoms with Crippen molar-refractivity contribution in [2.24, 2.45) is 5.92 Å². The summed E-state index contributed by atoms with van der Waals surface area (Å²) >= 11 is 0. The number of rotatable bonds is 4. The monoisotopic (exact) mass is 338 g/mol. The van der Waals surface area contributed by atoms with E-state index in [0.29, 0.717) is 11.6 Å². The van der Waals surface area contributed by atoms with E-state index in [1.807, 2.05) is 24.3 Å². The van der Waals surface area contributed by atoms with Crippen LogP contribution in [-0.2, 0) is 0 Å². The number of amides is 1. The van der Waals surface area contributed by atoms with Crippen molar-refractivity contribution in [2.75, 3.05) is 23.3 Å². The molecule has 1 fully saturated rings. The van der Waals surface area contributed by atoms with Gasteiger partial charge in [-0.25, -0.2) is 9.97 Å². The molecule has 1 aliphatic rings. The van der Waals surface area contributed by atoms with Crippen molar-refractivity contribution >= 4 is 17.4 Å². The Labute approximate surface area is 149 Å². The van der Waals surface area contributed by atoms with Crippen molar-refractivity contribution < 1.29 is 4.79 Å². The van der Waals surface area contributed by atoms with E-state index >= 15 is 0 Å². The Kier molecular flexibility index (Phi) is 5.31. The van der Waals surface area contributed by atoms with Gasteiger partial charge >= 0.3 is 0 Å². The highest BCUT2D eigenvalue weighted by molar-refractivity contribution is 6.03. The molecule has 1 N–H and O–H groups in total. The van der Waals surface area contributed by atoms with Crippen LogP contribution >= 0.6 is 0 Å². The lowest BCUT2D eigenvalue weighted by molar-refractivity contribution is 0.102. The van der Waals surface area contributed by atoms with E-state index in [4.69, 9.17) is 0 Å². The largest absolute Gasteiger partial charge is 0.356 e. The van der Waals surface area contributed by atoms with Gasteiger partial charge in [0, 0.05) is 24.8 Å². The third-order valence-corrected chi connectivity index (χ3v) is 4.82. The maximum atomic E-state index is 12.7. The quantitative estimate of drug-likeness (QED) is 0.912. The van der Waals surface area contributed by atoms with Crippen LogP contribution in [0.2, 0.25) is 0 Å². The minimum Gasteiger partial charge on any atom is -0.356 e. The summed E-state index contributed by atoms with van der Waals surface area (Å²) in [6, 6.07) is 9.69. The highest BCUT2D eigenvalue weighted by Gasteiger charge is 2.19. The maximum Gasteiger partial charge on any atom is 0.274 e. The Hall–Kier alpha value is -2.43. The number of anilines is 2. The zero-order valence-corrected chi connectivity index (χ0v) is 15.2. The average Bonchev–Trinajstić information content (AvgIpc) is 2.62. The fraction of sp³-hybridized carbons (Fsp3) is 0.450. The van der Waals surface area contributed by atoms with Gasteiger partial charge < -0.3 is 10.2 Å². The molecule has 0 saturated carbocycles. The lowest BCUT2D eigenvalue weighted by Crippen LogP contribution is -2.33. The Bertz CT molecular complexity index is 736. The third kappa shape index (κ3) is 4.16. The first-order valence-corrected chi connectivity index (χ1v) is 9.02. The number of carbonyl (C=O) groups excluding carboxylic acids is 1. The summed E-state index contributed by atoms with van der Waals surface area (Å²) in [5.41, 5.74) is 2.37. The van der Waals surface area contributed by atoms with Gasteiger partial charge in [-0.2, -0.15) is 0 Å². The predicted molar refractivity (Wildman–Crippen MR) is 101 cm³/mol. The molecule has 0 unspecified atom stereocenters. The molecule has 132 valence electrons. The number of aromatic nitrogens is 2. The van der Waals surface area contributed by atoms with E-state index in [1.165, 1.54) is 6.33 Å². The van der Waals surface area contributed by atoms with Crippen LogP contribution in [0.4, 0.5) is 11.5 Å². The summed E-state index contributed by atoms with van der Waals surface area (Å²) in [7, 11) is 0. The van der Waals surface area contributed by atoms with Crippen molar-refractivity contribution in [1.29, 1.82) is 0 Å². The molecule has 2 aromatic rings. The van der Waals surface area contributed by atoms with E-state index in [0.717, 1.165) is 48.9 Å². The Morgan fingerprint density at radius 3 is 2.64 bits per heavy atom. The zero-order chi connectivity index (χ0) is 17.8. The van der Waals surface area contributed by atoms with Gasteiger partial charge in [0.25, 0.3) is 5.91 Å². The SMILES string of the molecule is CC1CCN(c2cc(C(=O)Nc3ccccc3C(C)C)ncn2)CC1. The predicted octanol–water partition coefficient (Wildman–Crippen LogP) is 4.09. The normalized spacial score (nSPS) is 15.4. The molecule has 0 spiro atoms. The third-order valence-electron chi connectivity index (χ3n) is 4.82. The van der Waals surface area contributed by atoms with Crippen molar-refractivity contribution in [3.05, 3.63) is 47.9 Å². The minimum atomic E-state index is -0.192. The summed E-state index contributed by atoms with van der Waals surface area (Å²) in [5.74, 6) is 1.74. The summed E-state index contributed by atoms with van der Waals surface area (Å²) in [5, 5.41) is 3.00. The molecule has 0 radical (unpaired) electrons. The number of nitrogens with one attached hydrogen (secondary N) is 1. The van der Waals surface area contributed by atoms with E-state index in [1.54, 1.807) is 6.07 Å². The molecule has 1 saturated heterocycles. The van der Waals surface area contributed by atoms with Crippen molar-refractivity contribution in [2.45, 2.75) is 39.5 Å². The molecule has 1 aromatic heterocycles. The molecule has 5 heteroatoms. The molecular formula is C20H26N4O. The standard InChI is InChI=1S/C20H26N4O/c1-14(2)16-6-4-5-7-17(16)23-20(25)18-12-19(22-13-21-18)24-10-8-15(3)9-11-24/h4-7,12-15H,8-11H2,1-3H3,(H,23,25). The molecule has 0 bridgehead atoms. The van der Waals surface area contributed by atoms with E-state index in [9.17, 15) is 4.79 Å². The number of piperidine rings is 1. The molecule has 3 rings (SSSR count). The van der Waals surface area contributed by atoms with Gasteiger partial charge in [0.15, 0.2) is 0 Å². The van der Waals surface area contributed by atoms with Gasteiger partial charge in [-0.05, 0) is 36.3 Å². The van der Waals surface area contributed by atoms with E-state index in [-0.39, 0.29) is 5.91 Å². The average molecular weight is 338 g/mol.